The summed E-state index contributed by atoms with van der Waals surface area (Å²) in [6, 6.07) is 17.3. The van der Waals surface area contributed by atoms with Gasteiger partial charge in [0.1, 0.15) is 12.4 Å². The molecule has 0 saturated carbocycles. The van der Waals surface area contributed by atoms with Crippen molar-refractivity contribution in [1.82, 2.24) is 4.90 Å². The van der Waals surface area contributed by atoms with Gasteiger partial charge in [-0.1, -0.05) is 48.5 Å². The molecule has 1 heterocycles. The summed E-state index contributed by atoms with van der Waals surface area (Å²) in [5.74, 6) is -0.132. The number of ether oxygens (including phenoxy) is 3. The maximum Gasteiger partial charge on any atom is 0.340 e. The van der Waals surface area contributed by atoms with E-state index in [0.29, 0.717) is 43.2 Å². The number of nitrogens with zero attached hydrogens (tertiary/aromatic N) is 1. The number of carbonyl (C=O) groups is 2. The van der Waals surface area contributed by atoms with Gasteiger partial charge in [-0.05, 0) is 31.1 Å². The van der Waals surface area contributed by atoms with Crippen molar-refractivity contribution < 1.29 is 23.8 Å². The minimum absolute atomic E-state index is 0.230. The van der Waals surface area contributed by atoms with E-state index in [1.54, 1.807) is 25.0 Å². The molecule has 6 heteroatoms. The van der Waals surface area contributed by atoms with Crippen LogP contribution in [0.1, 0.15) is 24.5 Å². The fourth-order valence-corrected chi connectivity index (χ4v) is 3.49. The number of hydrogen-bond acceptors (Lipinski definition) is 5. The summed E-state index contributed by atoms with van der Waals surface area (Å²) in [5, 5.41) is 0. The molecule has 0 bridgehead atoms. The van der Waals surface area contributed by atoms with Crippen molar-refractivity contribution in [2.24, 2.45) is 0 Å². The van der Waals surface area contributed by atoms with E-state index in [1.165, 1.54) is 7.11 Å². The molecule has 6 nitrogen and oxygen atoms in total. The highest BCUT2D eigenvalue weighted by atomic mass is 16.5. The molecule has 31 heavy (non-hydrogen) atoms. The molecule has 0 unspecified atom stereocenters. The van der Waals surface area contributed by atoms with Gasteiger partial charge >= 0.3 is 5.97 Å². The van der Waals surface area contributed by atoms with Crippen molar-refractivity contribution in [3.63, 3.8) is 0 Å². The third-order valence-corrected chi connectivity index (χ3v) is 5.09. The van der Waals surface area contributed by atoms with Crippen molar-refractivity contribution in [1.29, 1.82) is 0 Å². The summed E-state index contributed by atoms with van der Waals surface area (Å²) < 4.78 is 16.1. The Hall–Kier alpha value is -3.38. The molecule has 0 saturated heterocycles. The van der Waals surface area contributed by atoms with E-state index < -0.39 is 5.97 Å². The third kappa shape index (κ3) is 5.22. The molecule has 3 rings (SSSR count). The minimum Gasteiger partial charge on any atom is -0.488 e. The fourth-order valence-electron chi connectivity index (χ4n) is 3.49. The summed E-state index contributed by atoms with van der Waals surface area (Å²) in [6.07, 6.45) is 2.37. The lowest BCUT2D eigenvalue weighted by molar-refractivity contribution is -0.136. The first-order valence-electron chi connectivity index (χ1n) is 10.1. The largest absolute Gasteiger partial charge is 0.488 e. The molecular formula is C25H27NO5. The predicted molar refractivity (Wildman–Crippen MR) is 118 cm³/mol. The molecule has 1 aliphatic rings. The number of amides is 1. The summed E-state index contributed by atoms with van der Waals surface area (Å²) in [5.41, 5.74) is 2.93. The monoisotopic (exact) mass is 421 g/mol. The Morgan fingerprint density at radius 1 is 1.03 bits per heavy atom. The highest BCUT2D eigenvalue weighted by Crippen LogP contribution is 2.33. The van der Waals surface area contributed by atoms with Gasteiger partial charge in [-0.15, -0.1) is 0 Å². The lowest BCUT2D eigenvalue weighted by atomic mass is 10.0. The molecule has 0 aromatic heterocycles. The first-order chi connectivity index (χ1) is 15.1. The number of carbonyl (C=O) groups excluding carboxylic acids is 2. The second-order valence-corrected chi connectivity index (χ2v) is 7.13. The molecule has 2 aromatic carbocycles. The van der Waals surface area contributed by atoms with Gasteiger partial charge in [-0.25, -0.2) is 4.79 Å². The van der Waals surface area contributed by atoms with Crippen molar-refractivity contribution >= 4 is 18.0 Å². The number of allylic oxidation sites excluding steroid dienone is 1. The van der Waals surface area contributed by atoms with Gasteiger partial charge in [-0.3, -0.25) is 4.79 Å². The van der Waals surface area contributed by atoms with Crippen LogP contribution in [0.3, 0.4) is 0 Å². The zero-order chi connectivity index (χ0) is 22.2. The van der Waals surface area contributed by atoms with E-state index in [0.717, 1.165) is 11.1 Å². The molecule has 162 valence electrons. The normalized spacial score (nSPS) is 15.0. The van der Waals surface area contributed by atoms with Crippen LogP contribution >= 0.6 is 0 Å². The van der Waals surface area contributed by atoms with E-state index in [1.807, 2.05) is 54.6 Å². The highest BCUT2D eigenvalue weighted by Gasteiger charge is 2.36. The minimum atomic E-state index is -0.533. The first kappa shape index (κ1) is 22.3. The average molecular weight is 421 g/mol. The van der Waals surface area contributed by atoms with Crippen molar-refractivity contribution in [2.75, 3.05) is 27.4 Å². The molecule has 0 atom stereocenters. The van der Waals surface area contributed by atoms with Crippen molar-refractivity contribution in [3.8, 4) is 5.75 Å². The fraction of sp³-hybridized carbons (Fsp3) is 0.280. The molecule has 0 N–H and O–H groups in total. The standard InChI is InChI=1S/C25H27NO5/c1-18-23(25(28)30-3)21(24(27)26(18)14-9-15-29-2)16-20-12-7-8-13-22(20)31-17-19-10-5-4-6-11-19/h4-8,10-13,16H,9,14-15,17H2,1-3H3/b21-16-. The molecular weight excluding hydrogens is 394 g/mol. The highest BCUT2D eigenvalue weighted by molar-refractivity contribution is 6.16. The van der Waals surface area contributed by atoms with Crippen LogP contribution in [0, 0.1) is 0 Å². The van der Waals surface area contributed by atoms with Crippen LogP contribution in [0.15, 0.2) is 71.4 Å². The van der Waals surface area contributed by atoms with Crippen LogP contribution in [-0.2, 0) is 25.7 Å². The summed E-state index contributed by atoms with van der Waals surface area (Å²) in [6.45, 7) is 3.15. The zero-order valence-corrected chi connectivity index (χ0v) is 18.1. The Labute approximate surface area is 182 Å². The second-order valence-electron chi connectivity index (χ2n) is 7.13. The molecule has 1 aliphatic heterocycles. The molecule has 2 aromatic rings. The van der Waals surface area contributed by atoms with Crippen LogP contribution in [0.4, 0.5) is 0 Å². The number of methoxy groups -OCH3 is 2. The Kier molecular flexibility index (Phi) is 7.62. The average Bonchev–Trinajstić information content (AvgIpc) is 3.03. The topological polar surface area (TPSA) is 65.1 Å². The number of rotatable bonds is 9. The van der Waals surface area contributed by atoms with Crippen molar-refractivity contribution in [3.05, 3.63) is 82.6 Å². The van der Waals surface area contributed by atoms with Gasteiger partial charge in [0, 0.05) is 31.5 Å². The van der Waals surface area contributed by atoms with Gasteiger partial charge in [0.2, 0.25) is 0 Å². The van der Waals surface area contributed by atoms with E-state index in [-0.39, 0.29) is 11.5 Å². The third-order valence-electron chi connectivity index (χ3n) is 5.09. The lowest BCUT2D eigenvalue weighted by Crippen LogP contribution is -2.26. The van der Waals surface area contributed by atoms with Crippen LogP contribution < -0.4 is 4.74 Å². The molecule has 1 amide bonds. The SMILES string of the molecule is COCCCN1C(=O)/C(=C\c2ccccc2OCc2ccccc2)C(C(=O)OC)=C1C. The van der Waals surface area contributed by atoms with E-state index >= 15 is 0 Å². The van der Waals surface area contributed by atoms with Gasteiger partial charge in [0.25, 0.3) is 5.91 Å². The number of esters is 1. The zero-order valence-electron chi connectivity index (χ0n) is 18.1. The summed E-state index contributed by atoms with van der Waals surface area (Å²) in [7, 11) is 2.93. The number of hydrogen-bond donors (Lipinski definition) is 0. The first-order valence-corrected chi connectivity index (χ1v) is 10.1. The van der Waals surface area contributed by atoms with E-state index in [9.17, 15) is 9.59 Å². The Bertz CT molecular complexity index is 994. The quantitative estimate of drug-likeness (QED) is 0.348. The van der Waals surface area contributed by atoms with Gasteiger partial charge < -0.3 is 19.1 Å². The molecule has 0 fully saturated rings. The smallest absolute Gasteiger partial charge is 0.340 e. The summed E-state index contributed by atoms with van der Waals surface area (Å²) >= 11 is 0. The van der Waals surface area contributed by atoms with Crippen LogP contribution in [0.5, 0.6) is 5.75 Å². The second kappa shape index (κ2) is 10.6. The number of benzene rings is 2. The maximum absolute atomic E-state index is 13.2. The van der Waals surface area contributed by atoms with Crippen LogP contribution in [0.25, 0.3) is 6.08 Å². The van der Waals surface area contributed by atoms with Gasteiger partial charge in [0.05, 0.1) is 18.3 Å². The molecule has 0 spiro atoms. The van der Waals surface area contributed by atoms with E-state index in [4.69, 9.17) is 14.2 Å². The maximum atomic E-state index is 13.2. The number of para-hydroxylation sites is 1. The van der Waals surface area contributed by atoms with Gasteiger partial charge in [0.15, 0.2) is 0 Å². The Morgan fingerprint density at radius 2 is 1.74 bits per heavy atom. The van der Waals surface area contributed by atoms with Crippen LogP contribution in [0.2, 0.25) is 0 Å². The Balaban J connectivity index is 1.92. The van der Waals surface area contributed by atoms with Crippen LogP contribution in [-0.4, -0.2) is 44.1 Å². The predicted octanol–water partition coefficient (Wildman–Crippen LogP) is 3.97. The van der Waals surface area contributed by atoms with Crippen molar-refractivity contribution in [2.45, 2.75) is 20.0 Å². The Morgan fingerprint density at radius 3 is 2.45 bits per heavy atom. The van der Waals surface area contributed by atoms with E-state index in [2.05, 4.69) is 0 Å². The lowest BCUT2D eigenvalue weighted by Gasteiger charge is -2.17. The van der Waals surface area contributed by atoms with Gasteiger partial charge in [-0.2, -0.15) is 0 Å². The molecule has 0 aliphatic carbocycles. The summed E-state index contributed by atoms with van der Waals surface area (Å²) in [4.78, 5) is 27.3. The molecule has 0 radical (unpaired) electrons.